The van der Waals surface area contributed by atoms with Crippen LogP contribution in [0.3, 0.4) is 0 Å². The zero-order valence-electron chi connectivity index (χ0n) is 16.9. The molecule has 0 bridgehead atoms. The molecule has 0 aromatic carbocycles. The first-order chi connectivity index (χ1) is 12.7. The number of rotatable bonds is 11. The van der Waals surface area contributed by atoms with Crippen LogP contribution in [0.4, 0.5) is 4.79 Å². The highest BCUT2D eigenvalue weighted by Gasteiger charge is 2.15. The number of amides is 1. The van der Waals surface area contributed by atoms with E-state index in [0.29, 0.717) is 19.8 Å². The van der Waals surface area contributed by atoms with Gasteiger partial charge in [-0.3, -0.25) is 0 Å². The van der Waals surface area contributed by atoms with Crippen LogP contribution in [-0.2, 0) is 28.5 Å². The van der Waals surface area contributed by atoms with Gasteiger partial charge < -0.3 is 24.3 Å². The molecule has 1 N–H and O–H groups in total. The molecule has 8 nitrogen and oxygen atoms in total. The molecule has 0 rings (SSSR count). The molecule has 0 radical (unpaired) electrons. The second-order valence-electron chi connectivity index (χ2n) is 6.14. The first-order valence-electron chi connectivity index (χ1n) is 8.79. The summed E-state index contributed by atoms with van der Waals surface area (Å²) in [6.07, 6.45) is 3.76. The number of hydrogen-bond acceptors (Lipinski definition) is 7. The van der Waals surface area contributed by atoms with Gasteiger partial charge in [0.15, 0.2) is 0 Å². The first kappa shape index (κ1) is 26.9. The number of esters is 2. The molecule has 0 aliphatic heterocycles. The van der Waals surface area contributed by atoms with Crippen LogP contribution < -0.4 is 5.32 Å². The maximum absolute atomic E-state index is 11.2. The molecule has 156 valence electrons. The molecular formula is C19H33NO7. The highest BCUT2D eigenvalue weighted by Crippen LogP contribution is 2.05. The van der Waals surface area contributed by atoms with Crippen molar-refractivity contribution in [3.8, 4) is 0 Å². The van der Waals surface area contributed by atoms with Crippen LogP contribution in [0.1, 0.15) is 40.5 Å². The largest absolute Gasteiger partial charge is 0.463 e. The molecule has 0 aromatic rings. The van der Waals surface area contributed by atoms with Crippen molar-refractivity contribution in [1.29, 1.82) is 0 Å². The standard InChI is InChI=1S/C12H21NO5.C7H12O2/c1-5-10(14)17-9-8-16-7-6-13-11(15)18-12(2,3)4;1-3-5-6-9-7(8)4-2/h5H,1,6-9H2,2-4H3,(H,13,15);4H,2-3,5-6H2,1H3. The van der Waals surface area contributed by atoms with Crippen molar-refractivity contribution < 1.29 is 33.3 Å². The average Bonchev–Trinajstić information content (AvgIpc) is 2.59. The maximum atomic E-state index is 11.2. The third-order valence-corrected chi connectivity index (χ3v) is 2.46. The van der Waals surface area contributed by atoms with Crippen LogP contribution >= 0.6 is 0 Å². The molecule has 8 heteroatoms. The average molecular weight is 387 g/mol. The van der Waals surface area contributed by atoms with Gasteiger partial charge in [-0.15, -0.1) is 0 Å². The lowest BCUT2D eigenvalue weighted by Crippen LogP contribution is -2.34. The summed E-state index contributed by atoms with van der Waals surface area (Å²) in [7, 11) is 0. The summed E-state index contributed by atoms with van der Waals surface area (Å²) in [6, 6.07) is 0. The van der Waals surface area contributed by atoms with Gasteiger partial charge in [0.25, 0.3) is 0 Å². The number of hydrogen-bond donors (Lipinski definition) is 1. The lowest BCUT2D eigenvalue weighted by molar-refractivity contribution is -0.139. The Balaban J connectivity index is 0. The Hall–Kier alpha value is -2.35. The summed E-state index contributed by atoms with van der Waals surface area (Å²) in [5.41, 5.74) is -0.510. The predicted octanol–water partition coefficient (Wildman–Crippen LogP) is 2.77. The van der Waals surface area contributed by atoms with Gasteiger partial charge >= 0.3 is 18.0 Å². The summed E-state index contributed by atoms with van der Waals surface area (Å²) in [4.78, 5) is 32.2. The second kappa shape index (κ2) is 17.1. The van der Waals surface area contributed by atoms with E-state index in [1.54, 1.807) is 20.8 Å². The van der Waals surface area contributed by atoms with Gasteiger partial charge in [-0.1, -0.05) is 26.5 Å². The summed E-state index contributed by atoms with van der Waals surface area (Å²) in [5, 5.41) is 2.54. The van der Waals surface area contributed by atoms with Gasteiger partial charge in [-0.05, 0) is 27.2 Å². The number of alkyl carbamates (subject to hydrolysis) is 1. The minimum atomic E-state index is -0.510. The van der Waals surface area contributed by atoms with E-state index in [0.717, 1.165) is 18.9 Å². The fourth-order valence-electron chi connectivity index (χ4n) is 1.28. The predicted molar refractivity (Wildman–Crippen MR) is 102 cm³/mol. The lowest BCUT2D eigenvalue weighted by atomic mass is 10.2. The third-order valence-electron chi connectivity index (χ3n) is 2.46. The Bertz CT molecular complexity index is 455. The van der Waals surface area contributed by atoms with Crippen molar-refractivity contribution in [3.63, 3.8) is 0 Å². The van der Waals surface area contributed by atoms with Gasteiger partial charge in [-0.25, -0.2) is 14.4 Å². The van der Waals surface area contributed by atoms with Crippen LogP contribution in [0.5, 0.6) is 0 Å². The Labute approximate surface area is 161 Å². The monoisotopic (exact) mass is 387 g/mol. The number of unbranched alkanes of at least 4 members (excludes halogenated alkanes) is 1. The van der Waals surface area contributed by atoms with Gasteiger partial charge in [0.1, 0.15) is 12.2 Å². The van der Waals surface area contributed by atoms with Crippen LogP contribution in [0.25, 0.3) is 0 Å². The Morgan fingerprint density at radius 1 is 0.926 bits per heavy atom. The Morgan fingerprint density at radius 2 is 1.48 bits per heavy atom. The molecule has 0 saturated carbocycles. The maximum Gasteiger partial charge on any atom is 0.407 e. The van der Waals surface area contributed by atoms with Crippen molar-refractivity contribution in [3.05, 3.63) is 25.3 Å². The van der Waals surface area contributed by atoms with E-state index in [1.807, 2.05) is 6.92 Å². The van der Waals surface area contributed by atoms with E-state index in [-0.39, 0.29) is 19.2 Å². The molecule has 0 heterocycles. The molecular weight excluding hydrogens is 354 g/mol. The van der Waals surface area contributed by atoms with Crippen molar-refractivity contribution in [1.82, 2.24) is 5.32 Å². The lowest BCUT2D eigenvalue weighted by Gasteiger charge is -2.19. The van der Waals surface area contributed by atoms with Gasteiger partial charge in [0, 0.05) is 18.7 Å². The van der Waals surface area contributed by atoms with E-state index in [1.165, 1.54) is 6.08 Å². The van der Waals surface area contributed by atoms with E-state index in [9.17, 15) is 14.4 Å². The zero-order valence-corrected chi connectivity index (χ0v) is 16.9. The summed E-state index contributed by atoms with van der Waals surface area (Å²) in [5.74, 6) is -0.811. The van der Waals surface area contributed by atoms with Crippen molar-refractivity contribution in [2.24, 2.45) is 0 Å². The Morgan fingerprint density at radius 3 is 1.96 bits per heavy atom. The second-order valence-corrected chi connectivity index (χ2v) is 6.14. The molecule has 0 saturated heterocycles. The molecule has 1 amide bonds. The SMILES string of the molecule is C=CC(=O)OCCCC.C=CC(=O)OCCOCCNC(=O)OC(C)(C)C. The van der Waals surface area contributed by atoms with E-state index >= 15 is 0 Å². The topological polar surface area (TPSA) is 100 Å². The molecule has 27 heavy (non-hydrogen) atoms. The van der Waals surface area contributed by atoms with Crippen molar-refractivity contribution >= 4 is 18.0 Å². The smallest absolute Gasteiger partial charge is 0.407 e. The summed E-state index contributed by atoms with van der Waals surface area (Å²) >= 11 is 0. The van der Waals surface area contributed by atoms with Crippen LogP contribution in [0.2, 0.25) is 0 Å². The fourth-order valence-corrected chi connectivity index (χ4v) is 1.28. The molecule has 0 spiro atoms. The normalized spacial score (nSPS) is 9.93. The number of nitrogens with one attached hydrogen (secondary N) is 1. The first-order valence-corrected chi connectivity index (χ1v) is 8.79. The molecule has 0 fully saturated rings. The van der Waals surface area contributed by atoms with Crippen molar-refractivity contribution in [2.45, 2.75) is 46.1 Å². The summed E-state index contributed by atoms with van der Waals surface area (Å²) in [6.45, 7) is 15.5. The van der Waals surface area contributed by atoms with Crippen LogP contribution in [-0.4, -0.2) is 56.6 Å². The van der Waals surface area contributed by atoms with Gasteiger partial charge in [0.05, 0.1) is 19.8 Å². The molecule has 0 aromatic heterocycles. The van der Waals surface area contributed by atoms with E-state index in [4.69, 9.17) is 14.2 Å². The fraction of sp³-hybridized carbons (Fsp3) is 0.632. The van der Waals surface area contributed by atoms with Gasteiger partial charge in [0.2, 0.25) is 0 Å². The van der Waals surface area contributed by atoms with Gasteiger partial charge in [-0.2, -0.15) is 0 Å². The minimum absolute atomic E-state index is 0.164. The quantitative estimate of drug-likeness (QED) is 0.252. The molecule has 0 unspecified atom stereocenters. The highest BCUT2D eigenvalue weighted by atomic mass is 16.6. The molecule has 0 aliphatic rings. The van der Waals surface area contributed by atoms with Crippen molar-refractivity contribution in [2.75, 3.05) is 33.0 Å². The zero-order chi connectivity index (χ0) is 21.1. The highest BCUT2D eigenvalue weighted by molar-refractivity contribution is 5.81. The van der Waals surface area contributed by atoms with Crippen LogP contribution in [0.15, 0.2) is 25.3 Å². The number of carbonyl (C=O) groups is 3. The number of carbonyl (C=O) groups excluding carboxylic acids is 3. The molecule has 0 aliphatic carbocycles. The third kappa shape index (κ3) is 23.6. The molecule has 0 atom stereocenters. The number of ether oxygens (including phenoxy) is 4. The summed E-state index contributed by atoms with van der Waals surface area (Å²) < 4.78 is 19.5. The Kier molecular flexibility index (Phi) is 17.0. The van der Waals surface area contributed by atoms with E-state index in [2.05, 4.69) is 23.2 Å². The minimum Gasteiger partial charge on any atom is -0.463 e. The van der Waals surface area contributed by atoms with Crippen LogP contribution in [0, 0.1) is 0 Å². The van der Waals surface area contributed by atoms with E-state index < -0.39 is 17.7 Å².